The fourth-order valence-corrected chi connectivity index (χ4v) is 0.809. The minimum absolute atomic E-state index is 0.921. The van der Waals surface area contributed by atoms with Crippen LogP contribution in [0.15, 0.2) is 23.4 Å². The van der Waals surface area contributed by atoms with Crippen LogP contribution in [0.5, 0.6) is 0 Å². The van der Waals surface area contributed by atoms with Crippen LogP contribution in [0.25, 0.3) is 0 Å². The van der Waals surface area contributed by atoms with E-state index in [2.05, 4.69) is 17.6 Å². The van der Waals surface area contributed by atoms with E-state index in [4.69, 9.17) is 0 Å². The Hall–Kier alpha value is -0.500. The van der Waals surface area contributed by atoms with E-state index in [1.54, 1.807) is 12.4 Å². The Kier molecular flexibility index (Phi) is 1.53. The highest BCUT2D eigenvalue weighted by Crippen LogP contribution is 2.03. The number of thiol groups is 1. The maximum Gasteiger partial charge on any atom is 0.0401 e. The van der Waals surface area contributed by atoms with E-state index in [1.165, 1.54) is 0 Å². The third kappa shape index (κ3) is 1.23. The van der Waals surface area contributed by atoms with Crippen molar-refractivity contribution >= 4 is 12.6 Å². The SMILES string of the molecule is Cc1cncc(S)c1. The maximum atomic E-state index is 4.09. The molecule has 1 heterocycles. The third-order valence-corrected chi connectivity index (χ3v) is 1.11. The number of aromatic nitrogens is 1. The van der Waals surface area contributed by atoms with Crippen molar-refractivity contribution in [1.29, 1.82) is 0 Å². The first kappa shape index (κ1) is 5.63. The molecular formula is C6H7NS. The van der Waals surface area contributed by atoms with Gasteiger partial charge in [0, 0.05) is 17.3 Å². The molecule has 8 heavy (non-hydrogen) atoms. The summed E-state index contributed by atoms with van der Waals surface area (Å²) in [7, 11) is 0. The predicted octanol–water partition coefficient (Wildman–Crippen LogP) is 1.68. The molecular weight excluding hydrogens is 118 g/mol. The second-order valence-corrected chi connectivity index (χ2v) is 2.24. The largest absolute Gasteiger partial charge is 0.263 e. The molecule has 42 valence electrons. The molecule has 0 fully saturated rings. The molecule has 1 aromatic rings. The Morgan fingerprint density at radius 1 is 1.50 bits per heavy atom. The Labute approximate surface area is 54.2 Å². The molecule has 0 aliphatic rings. The highest BCUT2D eigenvalue weighted by molar-refractivity contribution is 7.80. The fourth-order valence-electron chi connectivity index (χ4n) is 0.539. The standard InChI is InChI=1S/C6H7NS/c1-5-2-6(8)4-7-3-5/h2-4,8H,1H3. The van der Waals surface area contributed by atoms with Gasteiger partial charge in [0.05, 0.1) is 0 Å². The molecule has 1 nitrogen and oxygen atoms in total. The summed E-state index contributed by atoms with van der Waals surface area (Å²) >= 11 is 4.09. The molecule has 0 aliphatic heterocycles. The monoisotopic (exact) mass is 125 g/mol. The molecule has 0 bridgehead atoms. The Bertz CT molecular complexity index is 168. The van der Waals surface area contributed by atoms with Gasteiger partial charge in [0.1, 0.15) is 0 Å². The van der Waals surface area contributed by atoms with Crippen molar-refractivity contribution in [2.45, 2.75) is 11.8 Å². The van der Waals surface area contributed by atoms with E-state index in [0.29, 0.717) is 0 Å². The van der Waals surface area contributed by atoms with E-state index in [1.807, 2.05) is 13.0 Å². The van der Waals surface area contributed by atoms with E-state index in [9.17, 15) is 0 Å². The van der Waals surface area contributed by atoms with E-state index in [-0.39, 0.29) is 0 Å². The summed E-state index contributed by atoms with van der Waals surface area (Å²) in [5.74, 6) is 0. The first-order valence-electron chi connectivity index (χ1n) is 2.39. The van der Waals surface area contributed by atoms with Crippen molar-refractivity contribution < 1.29 is 0 Å². The minimum atomic E-state index is 0.921. The topological polar surface area (TPSA) is 12.9 Å². The summed E-state index contributed by atoms with van der Waals surface area (Å²) in [6.45, 7) is 1.99. The molecule has 0 atom stereocenters. The quantitative estimate of drug-likeness (QED) is 0.520. The van der Waals surface area contributed by atoms with Gasteiger partial charge in [-0.3, -0.25) is 4.98 Å². The molecule has 1 aromatic heterocycles. The molecule has 0 aliphatic carbocycles. The lowest BCUT2D eigenvalue weighted by Gasteiger charge is -1.89. The molecule has 0 saturated carbocycles. The van der Waals surface area contributed by atoms with Gasteiger partial charge < -0.3 is 0 Å². The number of aryl methyl sites for hydroxylation is 1. The molecule has 0 saturated heterocycles. The lowest BCUT2D eigenvalue weighted by atomic mass is 10.3. The Morgan fingerprint density at radius 3 is 2.62 bits per heavy atom. The summed E-state index contributed by atoms with van der Waals surface area (Å²) in [6, 6.07) is 1.97. The van der Waals surface area contributed by atoms with Crippen LogP contribution in [-0.4, -0.2) is 4.98 Å². The summed E-state index contributed by atoms with van der Waals surface area (Å²) in [4.78, 5) is 4.83. The van der Waals surface area contributed by atoms with Crippen molar-refractivity contribution in [3.8, 4) is 0 Å². The molecule has 2 heteroatoms. The first-order chi connectivity index (χ1) is 3.79. The van der Waals surface area contributed by atoms with E-state index < -0.39 is 0 Å². The van der Waals surface area contributed by atoms with Crippen LogP contribution >= 0.6 is 12.6 Å². The van der Waals surface area contributed by atoms with Gasteiger partial charge in [-0.15, -0.1) is 12.6 Å². The predicted molar refractivity (Wildman–Crippen MR) is 36.2 cm³/mol. The van der Waals surface area contributed by atoms with Crippen LogP contribution in [0.3, 0.4) is 0 Å². The van der Waals surface area contributed by atoms with Gasteiger partial charge in [0.25, 0.3) is 0 Å². The van der Waals surface area contributed by atoms with Crippen LogP contribution in [0.1, 0.15) is 5.56 Å². The summed E-state index contributed by atoms with van der Waals surface area (Å²) in [6.07, 6.45) is 3.52. The second-order valence-electron chi connectivity index (χ2n) is 1.72. The van der Waals surface area contributed by atoms with E-state index >= 15 is 0 Å². The van der Waals surface area contributed by atoms with Crippen LogP contribution in [0.2, 0.25) is 0 Å². The zero-order valence-electron chi connectivity index (χ0n) is 4.63. The van der Waals surface area contributed by atoms with Crippen molar-refractivity contribution in [2.24, 2.45) is 0 Å². The van der Waals surface area contributed by atoms with Gasteiger partial charge in [0.15, 0.2) is 0 Å². The Morgan fingerprint density at radius 2 is 2.25 bits per heavy atom. The average molecular weight is 125 g/mol. The molecule has 0 N–H and O–H groups in total. The number of hydrogen-bond donors (Lipinski definition) is 1. The van der Waals surface area contributed by atoms with Gasteiger partial charge in [-0.2, -0.15) is 0 Å². The molecule has 0 aromatic carbocycles. The summed E-state index contributed by atoms with van der Waals surface area (Å²) in [5, 5.41) is 0. The lowest BCUT2D eigenvalue weighted by Crippen LogP contribution is -1.73. The molecule has 1 rings (SSSR count). The maximum absolute atomic E-state index is 4.09. The summed E-state index contributed by atoms with van der Waals surface area (Å²) < 4.78 is 0. The highest BCUT2D eigenvalue weighted by atomic mass is 32.1. The minimum Gasteiger partial charge on any atom is -0.263 e. The van der Waals surface area contributed by atoms with Crippen molar-refractivity contribution in [3.63, 3.8) is 0 Å². The van der Waals surface area contributed by atoms with Gasteiger partial charge >= 0.3 is 0 Å². The fraction of sp³-hybridized carbons (Fsp3) is 0.167. The van der Waals surface area contributed by atoms with Gasteiger partial charge in [-0.1, -0.05) is 0 Å². The number of nitrogens with zero attached hydrogens (tertiary/aromatic N) is 1. The van der Waals surface area contributed by atoms with Crippen LogP contribution in [-0.2, 0) is 0 Å². The molecule has 0 radical (unpaired) electrons. The smallest absolute Gasteiger partial charge is 0.0401 e. The first-order valence-corrected chi connectivity index (χ1v) is 2.84. The zero-order chi connectivity index (χ0) is 5.98. The van der Waals surface area contributed by atoms with Crippen molar-refractivity contribution in [1.82, 2.24) is 4.98 Å². The zero-order valence-corrected chi connectivity index (χ0v) is 5.52. The molecule has 0 amide bonds. The van der Waals surface area contributed by atoms with Crippen molar-refractivity contribution in [2.75, 3.05) is 0 Å². The van der Waals surface area contributed by atoms with Gasteiger partial charge in [-0.25, -0.2) is 0 Å². The lowest BCUT2D eigenvalue weighted by molar-refractivity contribution is 1.19. The average Bonchev–Trinajstić information content (AvgIpc) is 1.64. The Balaban J connectivity index is 3.08. The van der Waals surface area contributed by atoms with Gasteiger partial charge in [0.2, 0.25) is 0 Å². The third-order valence-electron chi connectivity index (χ3n) is 0.861. The number of pyridine rings is 1. The molecule has 0 unspecified atom stereocenters. The van der Waals surface area contributed by atoms with Gasteiger partial charge in [-0.05, 0) is 18.6 Å². The van der Waals surface area contributed by atoms with Crippen LogP contribution < -0.4 is 0 Å². The summed E-state index contributed by atoms with van der Waals surface area (Å²) in [5.41, 5.74) is 1.15. The number of hydrogen-bond acceptors (Lipinski definition) is 2. The van der Waals surface area contributed by atoms with Crippen molar-refractivity contribution in [3.05, 3.63) is 24.0 Å². The highest BCUT2D eigenvalue weighted by Gasteiger charge is 1.82. The number of rotatable bonds is 0. The van der Waals surface area contributed by atoms with Crippen LogP contribution in [0, 0.1) is 6.92 Å². The van der Waals surface area contributed by atoms with E-state index in [0.717, 1.165) is 10.5 Å². The normalized spacial score (nSPS) is 9.25. The second kappa shape index (κ2) is 2.18. The molecule has 0 spiro atoms. The van der Waals surface area contributed by atoms with Crippen LogP contribution in [0.4, 0.5) is 0 Å².